The molecule has 0 aromatic rings. The Hall–Kier alpha value is -0.120. The van der Waals surface area contributed by atoms with E-state index < -0.39 is 0 Å². The lowest BCUT2D eigenvalue weighted by atomic mass is 9.72. The lowest BCUT2D eigenvalue weighted by Crippen LogP contribution is -2.57. The van der Waals surface area contributed by atoms with E-state index in [0.717, 1.165) is 0 Å². The molecule has 0 heterocycles. The second-order valence-corrected chi connectivity index (χ2v) is 3.73. The first-order chi connectivity index (χ1) is 4.83. The van der Waals surface area contributed by atoms with Crippen LogP contribution < -0.4 is 17.2 Å². The molecule has 0 spiro atoms. The van der Waals surface area contributed by atoms with Crippen molar-refractivity contribution in [3.63, 3.8) is 0 Å². The molecule has 0 bridgehead atoms. The zero-order valence-electron chi connectivity index (χ0n) is 7.96. The SMILES string of the molecule is CC(N)C(C)(C(C)N)C(C)N. The summed E-state index contributed by atoms with van der Waals surface area (Å²) in [7, 11) is 0. The van der Waals surface area contributed by atoms with Crippen LogP contribution in [0, 0.1) is 5.41 Å². The summed E-state index contributed by atoms with van der Waals surface area (Å²) in [4.78, 5) is 0. The Bertz CT molecular complexity index is 96.7. The molecule has 0 aromatic heterocycles. The molecule has 68 valence electrons. The van der Waals surface area contributed by atoms with Gasteiger partial charge in [0.1, 0.15) is 0 Å². The first-order valence-electron chi connectivity index (χ1n) is 4.10. The second kappa shape index (κ2) is 3.52. The first kappa shape index (κ1) is 10.9. The third-order valence-electron chi connectivity index (χ3n) is 2.94. The van der Waals surface area contributed by atoms with Crippen molar-refractivity contribution in [2.24, 2.45) is 22.6 Å². The summed E-state index contributed by atoms with van der Waals surface area (Å²) < 4.78 is 0. The van der Waals surface area contributed by atoms with Crippen LogP contribution in [-0.4, -0.2) is 18.1 Å². The molecule has 0 aliphatic heterocycles. The smallest absolute Gasteiger partial charge is 0.0120 e. The van der Waals surface area contributed by atoms with Crippen molar-refractivity contribution < 1.29 is 0 Å². The van der Waals surface area contributed by atoms with Gasteiger partial charge in [-0.2, -0.15) is 0 Å². The molecule has 0 rings (SSSR count). The van der Waals surface area contributed by atoms with Gasteiger partial charge < -0.3 is 17.2 Å². The number of rotatable bonds is 3. The van der Waals surface area contributed by atoms with Crippen molar-refractivity contribution in [3.8, 4) is 0 Å². The van der Waals surface area contributed by atoms with Crippen LogP contribution in [0.15, 0.2) is 0 Å². The largest absolute Gasteiger partial charge is 0.327 e. The molecule has 0 radical (unpaired) electrons. The highest BCUT2D eigenvalue weighted by molar-refractivity contribution is 4.95. The molecule has 0 saturated heterocycles. The molecule has 3 unspecified atom stereocenters. The summed E-state index contributed by atoms with van der Waals surface area (Å²) in [5.41, 5.74) is 17.3. The predicted molar refractivity (Wildman–Crippen MR) is 49.1 cm³/mol. The van der Waals surface area contributed by atoms with E-state index in [2.05, 4.69) is 0 Å². The molecule has 0 amide bonds. The molecule has 0 saturated carbocycles. The van der Waals surface area contributed by atoms with Crippen LogP contribution in [0.2, 0.25) is 0 Å². The summed E-state index contributed by atoms with van der Waals surface area (Å²) >= 11 is 0. The van der Waals surface area contributed by atoms with Crippen molar-refractivity contribution in [1.82, 2.24) is 0 Å². The Labute approximate surface area is 69.3 Å². The molecule has 3 heteroatoms. The predicted octanol–water partition coefficient (Wildman–Crippen LogP) is 0.0343. The maximum Gasteiger partial charge on any atom is 0.0120 e. The van der Waals surface area contributed by atoms with Gasteiger partial charge >= 0.3 is 0 Å². The number of hydrogen-bond acceptors (Lipinski definition) is 3. The monoisotopic (exact) mass is 159 g/mol. The van der Waals surface area contributed by atoms with Gasteiger partial charge in [-0.25, -0.2) is 0 Å². The van der Waals surface area contributed by atoms with E-state index in [1.165, 1.54) is 0 Å². The molecular formula is C8H21N3. The average molecular weight is 159 g/mol. The van der Waals surface area contributed by atoms with E-state index >= 15 is 0 Å². The van der Waals surface area contributed by atoms with E-state index in [1.807, 2.05) is 27.7 Å². The quantitative estimate of drug-likeness (QED) is 0.544. The fourth-order valence-corrected chi connectivity index (χ4v) is 1.24. The highest BCUT2D eigenvalue weighted by Gasteiger charge is 2.36. The van der Waals surface area contributed by atoms with Crippen LogP contribution in [0.1, 0.15) is 27.7 Å². The van der Waals surface area contributed by atoms with Gasteiger partial charge in [0.15, 0.2) is 0 Å². The van der Waals surface area contributed by atoms with Crippen LogP contribution in [-0.2, 0) is 0 Å². The Kier molecular flexibility index (Phi) is 3.48. The highest BCUT2D eigenvalue weighted by Crippen LogP contribution is 2.26. The van der Waals surface area contributed by atoms with E-state index in [1.54, 1.807) is 0 Å². The minimum Gasteiger partial charge on any atom is -0.327 e. The number of nitrogens with two attached hydrogens (primary N) is 3. The fourth-order valence-electron chi connectivity index (χ4n) is 1.24. The summed E-state index contributed by atoms with van der Waals surface area (Å²) in [6.45, 7) is 7.89. The Morgan fingerprint density at radius 1 is 0.818 bits per heavy atom. The van der Waals surface area contributed by atoms with Gasteiger partial charge in [0.25, 0.3) is 0 Å². The van der Waals surface area contributed by atoms with E-state index in [-0.39, 0.29) is 23.5 Å². The van der Waals surface area contributed by atoms with Crippen molar-refractivity contribution >= 4 is 0 Å². The summed E-state index contributed by atoms with van der Waals surface area (Å²) in [5, 5.41) is 0. The van der Waals surface area contributed by atoms with Gasteiger partial charge in [0, 0.05) is 23.5 Å². The van der Waals surface area contributed by atoms with Gasteiger partial charge in [0.2, 0.25) is 0 Å². The summed E-state index contributed by atoms with van der Waals surface area (Å²) in [6, 6.07) is 0.0903. The maximum absolute atomic E-state index is 5.81. The second-order valence-electron chi connectivity index (χ2n) is 3.73. The van der Waals surface area contributed by atoms with Crippen LogP contribution in [0.4, 0.5) is 0 Å². The molecule has 6 N–H and O–H groups in total. The zero-order chi connectivity index (χ0) is 9.23. The standard InChI is InChI=1S/C8H21N3/c1-5(9)8(4,6(2)10)7(3)11/h5-7H,9-11H2,1-4H3. The molecule has 3 nitrogen and oxygen atoms in total. The Balaban J connectivity index is 4.53. The van der Waals surface area contributed by atoms with Crippen LogP contribution in [0.3, 0.4) is 0 Å². The average Bonchev–Trinajstić information content (AvgIpc) is 1.84. The molecule has 0 aliphatic carbocycles. The Morgan fingerprint density at radius 2 is 1.00 bits per heavy atom. The third-order valence-corrected chi connectivity index (χ3v) is 2.94. The summed E-state index contributed by atoms with van der Waals surface area (Å²) in [6.07, 6.45) is 0. The van der Waals surface area contributed by atoms with E-state index in [0.29, 0.717) is 0 Å². The minimum absolute atomic E-state index is 0.0301. The lowest BCUT2D eigenvalue weighted by molar-refractivity contribution is 0.179. The van der Waals surface area contributed by atoms with E-state index in [4.69, 9.17) is 17.2 Å². The zero-order valence-corrected chi connectivity index (χ0v) is 7.96. The fraction of sp³-hybridized carbons (Fsp3) is 1.00. The molecule has 3 atom stereocenters. The molecule has 0 aliphatic rings. The Morgan fingerprint density at radius 3 is 1.00 bits per heavy atom. The first-order valence-corrected chi connectivity index (χ1v) is 4.10. The maximum atomic E-state index is 5.81. The number of hydrogen-bond donors (Lipinski definition) is 3. The van der Waals surface area contributed by atoms with Gasteiger partial charge in [-0.3, -0.25) is 0 Å². The van der Waals surface area contributed by atoms with Crippen molar-refractivity contribution in [2.75, 3.05) is 0 Å². The van der Waals surface area contributed by atoms with Crippen molar-refractivity contribution in [2.45, 2.75) is 45.8 Å². The summed E-state index contributed by atoms with van der Waals surface area (Å²) in [5.74, 6) is 0. The normalized spacial score (nSPS) is 25.4. The van der Waals surface area contributed by atoms with Gasteiger partial charge in [0.05, 0.1) is 0 Å². The molecule has 11 heavy (non-hydrogen) atoms. The van der Waals surface area contributed by atoms with Crippen molar-refractivity contribution in [3.05, 3.63) is 0 Å². The van der Waals surface area contributed by atoms with E-state index in [9.17, 15) is 0 Å². The van der Waals surface area contributed by atoms with Gasteiger partial charge in [-0.1, -0.05) is 6.92 Å². The third kappa shape index (κ3) is 1.92. The topological polar surface area (TPSA) is 78.1 Å². The van der Waals surface area contributed by atoms with Crippen molar-refractivity contribution in [1.29, 1.82) is 0 Å². The van der Waals surface area contributed by atoms with Crippen LogP contribution in [0.25, 0.3) is 0 Å². The molecule has 0 aromatic carbocycles. The van der Waals surface area contributed by atoms with Crippen LogP contribution >= 0.6 is 0 Å². The van der Waals surface area contributed by atoms with Gasteiger partial charge in [-0.05, 0) is 20.8 Å². The van der Waals surface area contributed by atoms with Gasteiger partial charge in [-0.15, -0.1) is 0 Å². The minimum atomic E-state index is -0.167. The highest BCUT2D eigenvalue weighted by atomic mass is 14.8. The molecule has 0 fully saturated rings. The van der Waals surface area contributed by atoms with Crippen LogP contribution in [0.5, 0.6) is 0 Å². The molecular weight excluding hydrogens is 138 g/mol. The lowest BCUT2D eigenvalue weighted by Gasteiger charge is -2.40.